The maximum absolute atomic E-state index is 11.9. The minimum absolute atomic E-state index is 0.206. The third-order valence-corrected chi connectivity index (χ3v) is 3.46. The van der Waals surface area contributed by atoms with Gasteiger partial charge in [-0.1, -0.05) is 15.9 Å². The summed E-state index contributed by atoms with van der Waals surface area (Å²) in [7, 11) is 0. The first-order chi connectivity index (χ1) is 7.90. The monoisotopic (exact) mass is 314 g/mol. The predicted octanol–water partition coefficient (Wildman–Crippen LogP) is 3.52. The number of hydrogen-bond acceptors (Lipinski definition) is 2. The van der Waals surface area contributed by atoms with E-state index in [1.807, 2.05) is 6.07 Å². The van der Waals surface area contributed by atoms with Gasteiger partial charge in [0.05, 0.1) is 16.7 Å². The molecular formula is C12H12BrClN2O. The number of benzene rings is 1. The van der Waals surface area contributed by atoms with Crippen molar-refractivity contribution in [2.75, 3.05) is 11.2 Å². The molecule has 0 fully saturated rings. The lowest BCUT2D eigenvalue weighted by atomic mass is 9.95. The highest BCUT2D eigenvalue weighted by atomic mass is 79.9. The third kappa shape index (κ3) is 3.45. The van der Waals surface area contributed by atoms with Gasteiger partial charge < -0.3 is 5.32 Å². The number of hydrogen-bond donors (Lipinski definition) is 1. The molecule has 5 heteroatoms. The SMILES string of the molecule is CC(C)(CCl)C(=O)Nc1cc(Br)ccc1C#N. The van der Waals surface area contributed by atoms with Crippen molar-refractivity contribution in [1.29, 1.82) is 5.26 Å². The molecule has 0 saturated heterocycles. The van der Waals surface area contributed by atoms with Gasteiger partial charge in [0.15, 0.2) is 0 Å². The van der Waals surface area contributed by atoms with Crippen LogP contribution < -0.4 is 5.32 Å². The second-order valence-corrected chi connectivity index (χ2v) is 5.46. The number of carbonyl (C=O) groups is 1. The number of halogens is 2. The van der Waals surface area contributed by atoms with Gasteiger partial charge in [-0.05, 0) is 32.0 Å². The first kappa shape index (κ1) is 14.0. The van der Waals surface area contributed by atoms with E-state index in [1.54, 1.807) is 32.0 Å². The molecule has 0 saturated carbocycles. The van der Waals surface area contributed by atoms with E-state index in [-0.39, 0.29) is 11.8 Å². The molecule has 1 N–H and O–H groups in total. The van der Waals surface area contributed by atoms with E-state index in [2.05, 4.69) is 21.2 Å². The number of nitrogens with one attached hydrogen (secondary N) is 1. The minimum Gasteiger partial charge on any atom is -0.324 e. The molecule has 1 aromatic carbocycles. The Kier molecular flexibility index (Phi) is 4.55. The van der Waals surface area contributed by atoms with Crippen LogP contribution in [0.2, 0.25) is 0 Å². The lowest BCUT2D eigenvalue weighted by Gasteiger charge is -2.20. The van der Waals surface area contributed by atoms with E-state index < -0.39 is 5.41 Å². The highest BCUT2D eigenvalue weighted by Gasteiger charge is 2.27. The highest BCUT2D eigenvalue weighted by Crippen LogP contribution is 2.24. The van der Waals surface area contributed by atoms with Crippen molar-refractivity contribution in [3.05, 3.63) is 28.2 Å². The molecule has 1 aromatic rings. The molecular weight excluding hydrogens is 304 g/mol. The number of amides is 1. The fourth-order valence-electron chi connectivity index (χ4n) is 1.07. The summed E-state index contributed by atoms with van der Waals surface area (Å²) in [5.74, 6) is 0.0106. The molecule has 0 heterocycles. The predicted molar refractivity (Wildman–Crippen MR) is 72.0 cm³/mol. The first-order valence-electron chi connectivity index (χ1n) is 4.98. The van der Waals surface area contributed by atoms with Crippen LogP contribution in [0.25, 0.3) is 0 Å². The summed E-state index contributed by atoms with van der Waals surface area (Å²) in [5.41, 5.74) is 0.244. The zero-order valence-corrected chi connectivity index (χ0v) is 11.9. The van der Waals surface area contributed by atoms with Gasteiger partial charge in [0.1, 0.15) is 6.07 Å². The zero-order valence-electron chi connectivity index (χ0n) is 9.55. The van der Waals surface area contributed by atoms with Gasteiger partial charge in [-0.3, -0.25) is 4.79 Å². The molecule has 0 spiro atoms. The van der Waals surface area contributed by atoms with Crippen molar-refractivity contribution in [2.24, 2.45) is 5.41 Å². The van der Waals surface area contributed by atoms with Crippen LogP contribution in [-0.4, -0.2) is 11.8 Å². The molecule has 0 unspecified atom stereocenters. The fourth-order valence-corrected chi connectivity index (χ4v) is 1.55. The Morgan fingerprint density at radius 2 is 2.24 bits per heavy atom. The molecule has 1 amide bonds. The van der Waals surface area contributed by atoms with Crippen LogP contribution in [0.5, 0.6) is 0 Å². The number of carbonyl (C=O) groups excluding carboxylic acids is 1. The average molecular weight is 316 g/mol. The standard InChI is InChI=1S/C12H12BrClN2O/c1-12(2,7-14)11(17)16-10-5-9(13)4-3-8(10)6-15/h3-5H,7H2,1-2H3,(H,16,17). The van der Waals surface area contributed by atoms with Crippen LogP contribution in [-0.2, 0) is 4.79 Å². The summed E-state index contributed by atoms with van der Waals surface area (Å²) in [6, 6.07) is 7.12. The fraction of sp³-hybridized carbons (Fsp3) is 0.333. The van der Waals surface area contributed by atoms with E-state index in [0.717, 1.165) is 4.47 Å². The second-order valence-electron chi connectivity index (χ2n) is 4.27. The average Bonchev–Trinajstić information content (AvgIpc) is 2.29. The maximum atomic E-state index is 11.9. The quantitative estimate of drug-likeness (QED) is 0.868. The van der Waals surface area contributed by atoms with Crippen LogP contribution in [0.15, 0.2) is 22.7 Å². The van der Waals surface area contributed by atoms with E-state index in [1.165, 1.54) is 0 Å². The van der Waals surface area contributed by atoms with Crippen LogP contribution in [0.1, 0.15) is 19.4 Å². The number of anilines is 1. The number of alkyl halides is 1. The van der Waals surface area contributed by atoms with Crippen LogP contribution in [0.3, 0.4) is 0 Å². The minimum atomic E-state index is -0.670. The lowest BCUT2D eigenvalue weighted by molar-refractivity contribution is -0.122. The van der Waals surface area contributed by atoms with Gasteiger partial charge >= 0.3 is 0 Å². The highest BCUT2D eigenvalue weighted by molar-refractivity contribution is 9.10. The number of rotatable bonds is 3. The van der Waals surface area contributed by atoms with Crippen molar-refractivity contribution in [2.45, 2.75) is 13.8 Å². The van der Waals surface area contributed by atoms with Crippen molar-refractivity contribution >= 4 is 39.1 Å². The largest absolute Gasteiger partial charge is 0.324 e. The van der Waals surface area contributed by atoms with Gasteiger partial charge in [-0.15, -0.1) is 11.6 Å². The van der Waals surface area contributed by atoms with Crippen LogP contribution in [0, 0.1) is 16.7 Å². The smallest absolute Gasteiger partial charge is 0.231 e. The first-order valence-corrected chi connectivity index (χ1v) is 6.30. The molecule has 0 aliphatic heterocycles. The molecule has 90 valence electrons. The van der Waals surface area contributed by atoms with E-state index in [9.17, 15) is 4.79 Å². The van der Waals surface area contributed by atoms with Crippen molar-refractivity contribution < 1.29 is 4.79 Å². The molecule has 0 aromatic heterocycles. The van der Waals surface area contributed by atoms with Gasteiger partial charge in [0.25, 0.3) is 0 Å². The van der Waals surface area contributed by atoms with E-state index in [4.69, 9.17) is 16.9 Å². The lowest BCUT2D eigenvalue weighted by Crippen LogP contribution is -2.32. The van der Waals surface area contributed by atoms with E-state index >= 15 is 0 Å². The van der Waals surface area contributed by atoms with Gasteiger partial charge in [0.2, 0.25) is 5.91 Å². The summed E-state index contributed by atoms with van der Waals surface area (Å²) in [4.78, 5) is 11.9. The van der Waals surface area contributed by atoms with Crippen molar-refractivity contribution in [3.8, 4) is 6.07 Å². The molecule has 0 aliphatic rings. The number of nitriles is 1. The van der Waals surface area contributed by atoms with Crippen LogP contribution in [0.4, 0.5) is 5.69 Å². The summed E-state index contributed by atoms with van der Waals surface area (Å²) >= 11 is 9.02. The Morgan fingerprint density at radius 3 is 2.76 bits per heavy atom. The Labute approximate surface area is 114 Å². The van der Waals surface area contributed by atoms with Gasteiger partial charge in [-0.25, -0.2) is 0 Å². The third-order valence-electron chi connectivity index (χ3n) is 2.30. The van der Waals surface area contributed by atoms with Gasteiger partial charge in [0, 0.05) is 10.4 Å². The molecule has 17 heavy (non-hydrogen) atoms. The number of nitrogens with zero attached hydrogens (tertiary/aromatic N) is 1. The Balaban J connectivity index is 3.00. The van der Waals surface area contributed by atoms with Gasteiger partial charge in [-0.2, -0.15) is 5.26 Å². The molecule has 0 bridgehead atoms. The Hall–Kier alpha value is -1.05. The molecule has 0 radical (unpaired) electrons. The normalized spacial score (nSPS) is 10.8. The molecule has 1 rings (SSSR count). The molecule has 3 nitrogen and oxygen atoms in total. The van der Waals surface area contributed by atoms with Crippen molar-refractivity contribution in [1.82, 2.24) is 0 Å². The summed E-state index contributed by atoms with van der Waals surface area (Å²) in [6.45, 7) is 3.50. The zero-order chi connectivity index (χ0) is 13.1. The maximum Gasteiger partial charge on any atom is 0.231 e. The molecule has 0 atom stereocenters. The molecule has 0 aliphatic carbocycles. The Bertz CT molecular complexity index is 480. The second kappa shape index (κ2) is 5.52. The Morgan fingerprint density at radius 1 is 1.59 bits per heavy atom. The topological polar surface area (TPSA) is 52.9 Å². The summed E-state index contributed by atoms with van der Waals surface area (Å²) in [5, 5.41) is 11.7. The van der Waals surface area contributed by atoms with E-state index in [0.29, 0.717) is 11.3 Å². The summed E-state index contributed by atoms with van der Waals surface area (Å²) in [6.07, 6.45) is 0. The van der Waals surface area contributed by atoms with Crippen molar-refractivity contribution in [3.63, 3.8) is 0 Å². The summed E-state index contributed by atoms with van der Waals surface area (Å²) < 4.78 is 0.801. The van der Waals surface area contributed by atoms with Crippen LogP contribution >= 0.6 is 27.5 Å².